The van der Waals surface area contributed by atoms with E-state index in [1.807, 2.05) is 17.0 Å². The molecule has 2 aromatic heterocycles. The molecule has 98 valence electrons. The molecule has 0 aliphatic carbocycles. The van der Waals surface area contributed by atoms with Gasteiger partial charge in [0.05, 0.1) is 6.04 Å². The molecule has 7 nitrogen and oxygen atoms in total. The largest absolute Gasteiger partial charge is 0.334 e. The Labute approximate surface area is 110 Å². The minimum Gasteiger partial charge on any atom is -0.334 e. The average Bonchev–Trinajstić information content (AvgIpc) is 3.10. The fourth-order valence-electron chi connectivity index (χ4n) is 2.48. The summed E-state index contributed by atoms with van der Waals surface area (Å²) in [6.45, 7) is 0.975. The van der Waals surface area contributed by atoms with Gasteiger partial charge in [0, 0.05) is 18.9 Å². The van der Waals surface area contributed by atoms with Crippen LogP contribution in [-0.4, -0.2) is 42.5 Å². The average molecular weight is 258 g/mol. The Morgan fingerprint density at radius 1 is 1.37 bits per heavy atom. The summed E-state index contributed by atoms with van der Waals surface area (Å²) >= 11 is 0. The molecule has 19 heavy (non-hydrogen) atoms. The molecule has 0 spiro atoms. The first-order chi connectivity index (χ1) is 9.34. The predicted octanol–water partition coefficient (Wildman–Crippen LogP) is 0.432. The van der Waals surface area contributed by atoms with Gasteiger partial charge in [-0.15, -0.1) is 5.10 Å². The molecule has 1 aliphatic rings. The van der Waals surface area contributed by atoms with Gasteiger partial charge in [-0.3, -0.25) is 9.78 Å². The molecule has 3 rings (SSSR count). The summed E-state index contributed by atoms with van der Waals surface area (Å²) in [6.07, 6.45) is 6.99. The lowest BCUT2D eigenvalue weighted by atomic mass is 10.1. The van der Waals surface area contributed by atoms with Crippen LogP contribution in [0.4, 0.5) is 0 Å². The lowest BCUT2D eigenvalue weighted by molar-refractivity contribution is -0.133. The summed E-state index contributed by atoms with van der Waals surface area (Å²) in [5, 5.41) is 10.8. The van der Waals surface area contributed by atoms with Crippen LogP contribution in [-0.2, 0) is 11.3 Å². The van der Waals surface area contributed by atoms with Crippen molar-refractivity contribution in [2.45, 2.75) is 25.4 Å². The second kappa shape index (κ2) is 5.13. The van der Waals surface area contributed by atoms with E-state index in [-0.39, 0.29) is 18.5 Å². The Morgan fingerprint density at radius 2 is 2.21 bits per heavy atom. The van der Waals surface area contributed by atoms with Gasteiger partial charge in [0.15, 0.2) is 0 Å². The zero-order valence-electron chi connectivity index (χ0n) is 10.4. The standard InChI is InChI=1S/C12H14N6O/c19-12(8-17-9-14-15-16-17)18-7-1-2-11(18)10-3-5-13-6-4-10/h3-6,9,11H,1-2,7-8H2. The zero-order chi connectivity index (χ0) is 13.1. The van der Waals surface area contributed by atoms with Crippen molar-refractivity contribution in [3.8, 4) is 0 Å². The normalized spacial score (nSPS) is 18.7. The maximum Gasteiger partial charge on any atom is 0.244 e. The van der Waals surface area contributed by atoms with Gasteiger partial charge in [-0.25, -0.2) is 4.68 Å². The van der Waals surface area contributed by atoms with E-state index >= 15 is 0 Å². The van der Waals surface area contributed by atoms with Gasteiger partial charge in [0.25, 0.3) is 0 Å². The molecule has 0 N–H and O–H groups in total. The van der Waals surface area contributed by atoms with Crippen molar-refractivity contribution in [3.63, 3.8) is 0 Å². The summed E-state index contributed by atoms with van der Waals surface area (Å²) in [4.78, 5) is 18.2. The van der Waals surface area contributed by atoms with E-state index in [0.29, 0.717) is 0 Å². The third-order valence-corrected chi connectivity index (χ3v) is 3.35. The smallest absolute Gasteiger partial charge is 0.244 e. The third-order valence-electron chi connectivity index (χ3n) is 3.35. The van der Waals surface area contributed by atoms with E-state index < -0.39 is 0 Å². The fourth-order valence-corrected chi connectivity index (χ4v) is 2.48. The van der Waals surface area contributed by atoms with E-state index in [2.05, 4.69) is 20.5 Å². The molecule has 1 amide bonds. The number of pyridine rings is 1. The second-order valence-electron chi connectivity index (χ2n) is 4.53. The van der Waals surface area contributed by atoms with E-state index in [1.54, 1.807) is 12.4 Å². The minimum absolute atomic E-state index is 0.0478. The van der Waals surface area contributed by atoms with Crippen LogP contribution in [0.15, 0.2) is 30.9 Å². The third kappa shape index (κ3) is 2.44. The molecule has 2 aromatic rings. The summed E-state index contributed by atoms with van der Waals surface area (Å²) in [7, 11) is 0. The Balaban J connectivity index is 1.74. The van der Waals surface area contributed by atoms with Crippen molar-refractivity contribution >= 4 is 5.91 Å². The molecule has 3 heterocycles. The molecule has 1 fully saturated rings. The van der Waals surface area contributed by atoms with Gasteiger partial charge in [-0.2, -0.15) is 0 Å². The van der Waals surface area contributed by atoms with Crippen molar-refractivity contribution in [2.75, 3.05) is 6.54 Å². The minimum atomic E-state index is 0.0478. The van der Waals surface area contributed by atoms with E-state index in [4.69, 9.17) is 0 Å². The SMILES string of the molecule is O=C(Cn1cnnn1)N1CCCC1c1ccncc1. The summed E-state index contributed by atoms with van der Waals surface area (Å²) in [5.74, 6) is 0.0478. The number of rotatable bonds is 3. The van der Waals surface area contributed by atoms with Crippen molar-refractivity contribution in [1.29, 1.82) is 0 Å². The van der Waals surface area contributed by atoms with Crippen LogP contribution in [0.2, 0.25) is 0 Å². The Hall–Kier alpha value is -2.31. The highest BCUT2D eigenvalue weighted by Crippen LogP contribution is 2.31. The number of carbonyl (C=O) groups is 1. The summed E-state index contributed by atoms with van der Waals surface area (Å²) in [6, 6.07) is 4.08. The van der Waals surface area contributed by atoms with Gasteiger partial charge < -0.3 is 4.90 Å². The summed E-state index contributed by atoms with van der Waals surface area (Å²) in [5.41, 5.74) is 1.14. The van der Waals surface area contributed by atoms with Crippen molar-refractivity contribution in [1.82, 2.24) is 30.1 Å². The fraction of sp³-hybridized carbons (Fsp3) is 0.417. The lowest BCUT2D eigenvalue weighted by Crippen LogP contribution is -2.33. The molecular weight excluding hydrogens is 244 g/mol. The van der Waals surface area contributed by atoms with Crippen molar-refractivity contribution in [3.05, 3.63) is 36.4 Å². The number of tetrazole rings is 1. The van der Waals surface area contributed by atoms with E-state index in [0.717, 1.165) is 24.9 Å². The van der Waals surface area contributed by atoms with E-state index in [1.165, 1.54) is 11.0 Å². The summed E-state index contributed by atoms with van der Waals surface area (Å²) < 4.78 is 1.45. The highest BCUT2D eigenvalue weighted by Gasteiger charge is 2.29. The molecular formula is C12H14N6O. The molecule has 0 aromatic carbocycles. The van der Waals surface area contributed by atoms with Crippen LogP contribution in [0.5, 0.6) is 0 Å². The van der Waals surface area contributed by atoms with E-state index in [9.17, 15) is 4.79 Å². The second-order valence-corrected chi connectivity index (χ2v) is 4.53. The predicted molar refractivity (Wildman–Crippen MR) is 65.7 cm³/mol. The molecule has 1 saturated heterocycles. The molecule has 0 radical (unpaired) electrons. The molecule has 1 unspecified atom stereocenters. The van der Waals surface area contributed by atoms with Crippen molar-refractivity contribution in [2.24, 2.45) is 0 Å². The number of hydrogen-bond acceptors (Lipinski definition) is 5. The van der Waals surface area contributed by atoms with Gasteiger partial charge in [-0.05, 0) is 41.0 Å². The Bertz CT molecular complexity index is 541. The van der Waals surface area contributed by atoms with Gasteiger partial charge in [0.1, 0.15) is 12.9 Å². The highest BCUT2D eigenvalue weighted by molar-refractivity contribution is 5.76. The van der Waals surface area contributed by atoms with Crippen LogP contribution < -0.4 is 0 Å². The van der Waals surface area contributed by atoms with Crippen LogP contribution in [0.3, 0.4) is 0 Å². The van der Waals surface area contributed by atoms with Crippen LogP contribution in [0, 0.1) is 0 Å². The number of nitrogens with zero attached hydrogens (tertiary/aromatic N) is 6. The lowest BCUT2D eigenvalue weighted by Gasteiger charge is -2.24. The maximum absolute atomic E-state index is 12.3. The number of aromatic nitrogens is 5. The van der Waals surface area contributed by atoms with Gasteiger partial charge in [0.2, 0.25) is 5.91 Å². The van der Waals surface area contributed by atoms with Gasteiger partial charge >= 0.3 is 0 Å². The number of amides is 1. The van der Waals surface area contributed by atoms with Gasteiger partial charge in [-0.1, -0.05) is 0 Å². The van der Waals surface area contributed by atoms with Crippen LogP contribution in [0.25, 0.3) is 0 Å². The first kappa shape index (κ1) is 11.8. The monoisotopic (exact) mass is 258 g/mol. The topological polar surface area (TPSA) is 76.8 Å². The molecule has 0 bridgehead atoms. The first-order valence-electron chi connectivity index (χ1n) is 6.25. The molecule has 0 saturated carbocycles. The van der Waals surface area contributed by atoms with Crippen molar-refractivity contribution < 1.29 is 4.79 Å². The zero-order valence-corrected chi connectivity index (χ0v) is 10.4. The van der Waals surface area contributed by atoms with Crippen LogP contribution in [0.1, 0.15) is 24.4 Å². The maximum atomic E-state index is 12.3. The molecule has 7 heteroatoms. The number of hydrogen-bond donors (Lipinski definition) is 0. The Morgan fingerprint density at radius 3 is 2.95 bits per heavy atom. The molecule has 1 atom stereocenters. The number of likely N-dealkylation sites (tertiary alicyclic amines) is 1. The highest BCUT2D eigenvalue weighted by atomic mass is 16.2. The Kier molecular flexibility index (Phi) is 3.18. The quantitative estimate of drug-likeness (QED) is 0.798. The number of carbonyl (C=O) groups excluding carboxylic acids is 1. The van der Waals surface area contributed by atoms with Crippen LogP contribution >= 0.6 is 0 Å². The first-order valence-corrected chi connectivity index (χ1v) is 6.25. The molecule has 1 aliphatic heterocycles.